The number of fused-ring (bicyclic) bond motifs is 1. The average molecular weight is 378 g/mol. The Bertz CT molecular complexity index is 578. The molecule has 0 unspecified atom stereocenters. The van der Waals surface area contributed by atoms with Gasteiger partial charge >= 0.3 is 0 Å². The van der Waals surface area contributed by atoms with Crippen molar-refractivity contribution in [2.24, 2.45) is 5.73 Å². The van der Waals surface area contributed by atoms with E-state index in [0.717, 1.165) is 6.42 Å². The highest BCUT2D eigenvalue weighted by molar-refractivity contribution is 9.10. The van der Waals surface area contributed by atoms with Crippen molar-refractivity contribution in [2.75, 3.05) is 19.8 Å². The lowest BCUT2D eigenvalue weighted by Gasteiger charge is -2.50. The van der Waals surface area contributed by atoms with Crippen molar-refractivity contribution >= 4 is 15.9 Å². The minimum atomic E-state index is -3.46. The van der Waals surface area contributed by atoms with Crippen LogP contribution in [0.5, 0.6) is 5.75 Å². The third kappa shape index (κ3) is 2.44. The van der Waals surface area contributed by atoms with Crippen molar-refractivity contribution < 1.29 is 23.4 Å². The van der Waals surface area contributed by atoms with Gasteiger partial charge in [-0.15, -0.1) is 0 Å². The van der Waals surface area contributed by atoms with Crippen LogP contribution in [-0.4, -0.2) is 36.5 Å². The van der Waals surface area contributed by atoms with E-state index in [1.165, 1.54) is 6.07 Å². The predicted molar refractivity (Wildman–Crippen MR) is 80.1 cm³/mol. The number of hydrogen-bond donors (Lipinski definition) is 2. The zero-order chi connectivity index (χ0) is 16.0. The molecule has 1 spiro atoms. The summed E-state index contributed by atoms with van der Waals surface area (Å²) in [4.78, 5) is 0. The van der Waals surface area contributed by atoms with Gasteiger partial charge in [0.05, 0.1) is 6.61 Å². The second kappa shape index (κ2) is 5.40. The van der Waals surface area contributed by atoms with Gasteiger partial charge in [0, 0.05) is 23.1 Å². The summed E-state index contributed by atoms with van der Waals surface area (Å²) in [6, 6.07) is 4.89. The van der Waals surface area contributed by atoms with Gasteiger partial charge in [-0.3, -0.25) is 0 Å². The second-order valence-corrected chi connectivity index (χ2v) is 7.01. The van der Waals surface area contributed by atoms with Crippen LogP contribution in [0.3, 0.4) is 0 Å². The van der Waals surface area contributed by atoms with Crippen molar-refractivity contribution in [3.05, 3.63) is 28.2 Å². The Morgan fingerprint density at radius 1 is 1.41 bits per heavy atom. The van der Waals surface area contributed by atoms with E-state index in [-0.39, 0.29) is 18.6 Å². The highest BCUT2D eigenvalue weighted by Gasteiger charge is 2.60. The van der Waals surface area contributed by atoms with Crippen LogP contribution in [0.15, 0.2) is 22.7 Å². The van der Waals surface area contributed by atoms with E-state index in [4.69, 9.17) is 15.2 Å². The molecular formula is C15H18BrF2NO3. The van der Waals surface area contributed by atoms with Gasteiger partial charge in [-0.05, 0) is 31.0 Å². The monoisotopic (exact) mass is 377 g/mol. The maximum atomic E-state index is 14.5. The zero-order valence-corrected chi connectivity index (χ0v) is 13.5. The number of aliphatic hydroxyl groups is 1. The van der Waals surface area contributed by atoms with Crippen LogP contribution in [0.4, 0.5) is 8.78 Å². The highest BCUT2D eigenvalue weighted by atomic mass is 79.9. The molecule has 4 nitrogen and oxygen atoms in total. The summed E-state index contributed by atoms with van der Waals surface area (Å²) >= 11 is 3.28. The van der Waals surface area contributed by atoms with Gasteiger partial charge in [0.25, 0.3) is 5.92 Å². The molecular weight excluding hydrogens is 360 g/mol. The van der Waals surface area contributed by atoms with Gasteiger partial charge in [-0.1, -0.05) is 15.9 Å². The fraction of sp³-hybridized carbons (Fsp3) is 0.600. The third-order valence-corrected chi connectivity index (χ3v) is 4.98. The quantitative estimate of drug-likeness (QED) is 0.831. The molecule has 0 aromatic heterocycles. The third-order valence-electron chi connectivity index (χ3n) is 4.49. The second-order valence-electron chi connectivity index (χ2n) is 6.09. The fourth-order valence-corrected chi connectivity index (χ4v) is 3.69. The molecule has 1 aromatic rings. The first-order chi connectivity index (χ1) is 10.3. The first-order valence-corrected chi connectivity index (χ1v) is 7.96. The Hall–Kier alpha value is -0.760. The van der Waals surface area contributed by atoms with E-state index >= 15 is 0 Å². The topological polar surface area (TPSA) is 64.7 Å². The first kappa shape index (κ1) is 16.1. The van der Waals surface area contributed by atoms with Gasteiger partial charge in [0.2, 0.25) is 0 Å². The molecule has 3 rings (SSSR count). The SMILES string of the molecule is N[C@]1(C(F)(F)CO)C[C@@]2(CCCOC2)Oc2ccc(Br)cc21. The molecule has 2 aliphatic rings. The van der Waals surface area contributed by atoms with E-state index in [2.05, 4.69) is 15.9 Å². The molecule has 7 heteroatoms. The Kier molecular flexibility index (Phi) is 3.96. The van der Waals surface area contributed by atoms with Crippen LogP contribution in [0.1, 0.15) is 24.8 Å². The van der Waals surface area contributed by atoms with E-state index in [1.807, 2.05) is 0 Å². The Balaban J connectivity index is 2.13. The molecule has 1 fully saturated rings. The molecule has 2 heterocycles. The van der Waals surface area contributed by atoms with Crippen molar-refractivity contribution in [1.82, 2.24) is 0 Å². The molecule has 1 aromatic carbocycles. The first-order valence-electron chi connectivity index (χ1n) is 7.16. The molecule has 2 aliphatic heterocycles. The minimum absolute atomic E-state index is 0.100. The van der Waals surface area contributed by atoms with E-state index in [9.17, 15) is 13.9 Å². The van der Waals surface area contributed by atoms with Crippen molar-refractivity contribution in [3.63, 3.8) is 0 Å². The summed E-state index contributed by atoms with van der Waals surface area (Å²) in [5, 5.41) is 9.18. The smallest absolute Gasteiger partial charge is 0.292 e. The number of benzene rings is 1. The summed E-state index contributed by atoms with van der Waals surface area (Å²) in [5.74, 6) is -3.13. The molecule has 1 saturated heterocycles. The van der Waals surface area contributed by atoms with Gasteiger partial charge < -0.3 is 20.3 Å². The largest absolute Gasteiger partial charge is 0.484 e. The summed E-state index contributed by atoms with van der Waals surface area (Å²) in [6.45, 7) is -0.498. The van der Waals surface area contributed by atoms with Gasteiger partial charge in [0.15, 0.2) is 0 Å². The minimum Gasteiger partial charge on any atom is -0.484 e. The number of alkyl halides is 2. The number of ether oxygens (including phenoxy) is 2. The summed E-state index contributed by atoms with van der Waals surface area (Å²) in [6.07, 6.45) is 1.23. The maximum absolute atomic E-state index is 14.5. The van der Waals surface area contributed by atoms with E-state index in [1.54, 1.807) is 12.1 Å². The molecule has 0 amide bonds. The Labute approximate surface area is 135 Å². The van der Waals surface area contributed by atoms with Crippen molar-refractivity contribution in [1.29, 1.82) is 0 Å². The van der Waals surface area contributed by atoms with Crippen LogP contribution >= 0.6 is 15.9 Å². The van der Waals surface area contributed by atoms with Gasteiger partial charge in [0.1, 0.15) is 23.5 Å². The number of aliphatic hydroxyl groups excluding tert-OH is 1. The lowest BCUT2D eigenvalue weighted by Crippen LogP contribution is -2.63. The highest BCUT2D eigenvalue weighted by Crippen LogP contribution is 2.51. The van der Waals surface area contributed by atoms with Crippen molar-refractivity contribution in [3.8, 4) is 5.75 Å². The van der Waals surface area contributed by atoms with Gasteiger partial charge in [-0.25, -0.2) is 8.78 Å². The standard InChI is InChI=1S/C15H18BrF2NO3/c16-10-2-3-12-11(6-10)14(19,15(17,18)8-20)7-13(22-12)4-1-5-21-9-13/h2-3,6,20H,1,4-5,7-9,19H2/t13-,14-/m1/s1. The van der Waals surface area contributed by atoms with Crippen LogP contribution in [0.25, 0.3) is 0 Å². The fourth-order valence-electron chi connectivity index (χ4n) is 3.33. The Morgan fingerprint density at radius 2 is 2.18 bits per heavy atom. The van der Waals surface area contributed by atoms with E-state index in [0.29, 0.717) is 23.2 Å². The summed E-state index contributed by atoms with van der Waals surface area (Å²) in [7, 11) is 0. The number of nitrogens with two attached hydrogens (primary N) is 1. The molecule has 0 saturated carbocycles. The lowest BCUT2D eigenvalue weighted by atomic mass is 9.71. The van der Waals surface area contributed by atoms with Crippen LogP contribution in [0.2, 0.25) is 0 Å². The number of rotatable bonds is 2. The lowest BCUT2D eigenvalue weighted by molar-refractivity contribution is -0.165. The molecule has 0 aliphatic carbocycles. The number of hydrogen-bond acceptors (Lipinski definition) is 4. The Morgan fingerprint density at radius 3 is 2.82 bits per heavy atom. The maximum Gasteiger partial charge on any atom is 0.292 e. The molecule has 3 N–H and O–H groups in total. The van der Waals surface area contributed by atoms with Crippen LogP contribution in [-0.2, 0) is 10.3 Å². The normalized spacial score (nSPS) is 31.7. The molecule has 122 valence electrons. The summed E-state index contributed by atoms with van der Waals surface area (Å²) in [5.41, 5.74) is 3.50. The number of halogens is 3. The molecule has 2 atom stereocenters. The average Bonchev–Trinajstić information content (AvgIpc) is 2.49. The van der Waals surface area contributed by atoms with Gasteiger partial charge in [-0.2, -0.15) is 0 Å². The molecule has 22 heavy (non-hydrogen) atoms. The predicted octanol–water partition coefficient (Wildman–Crippen LogP) is 2.56. The van der Waals surface area contributed by atoms with E-state index < -0.39 is 23.7 Å². The molecule has 0 radical (unpaired) electrons. The molecule has 0 bridgehead atoms. The summed E-state index contributed by atoms with van der Waals surface area (Å²) < 4.78 is 41.1. The van der Waals surface area contributed by atoms with Crippen LogP contribution < -0.4 is 10.5 Å². The van der Waals surface area contributed by atoms with Crippen LogP contribution in [0, 0.1) is 0 Å². The van der Waals surface area contributed by atoms with Crippen molar-refractivity contribution in [2.45, 2.75) is 36.3 Å². The zero-order valence-electron chi connectivity index (χ0n) is 11.9.